The van der Waals surface area contributed by atoms with E-state index in [1.54, 1.807) is 6.92 Å². The van der Waals surface area contributed by atoms with Gasteiger partial charge in [-0.25, -0.2) is 0 Å². The normalized spacial score (nSPS) is 14.4. The molecular formula is C14H28O4. The molecule has 0 unspecified atom stereocenters. The molecule has 0 saturated carbocycles. The van der Waals surface area contributed by atoms with E-state index in [4.69, 9.17) is 10.2 Å². The molecule has 18 heavy (non-hydrogen) atoms. The molecular weight excluding hydrogens is 232 g/mol. The number of carboxylic acids is 1. The Labute approximate surface area is 110 Å². The molecule has 0 fully saturated rings. The second-order valence-corrected chi connectivity index (χ2v) is 5.07. The highest BCUT2D eigenvalue weighted by Crippen LogP contribution is 2.12. The van der Waals surface area contributed by atoms with Gasteiger partial charge in [-0.1, -0.05) is 44.9 Å². The average Bonchev–Trinajstić information content (AvgIpc) is 2.30. The van der Waals surface area contributed by atoms with Crippen LogP contribution in [0, 0.1) is 0 Å². The van der Waals surface area contributed by atoms with E-state index in [1.165, 1.54) is 12.8 Å². The first-order chi connectivity index (χ1) is 8.54. The van der Waals surface area contributed by atoms with Crippen LogP contribution in [0.3, 0.4) is 0 Å². The SMILES string of the molecule is C[C@@H](O)[C@H](O)CCCCCCCCCCC(=O)O. The zero-order valence-electron chi connectivity index (χ0n) is 11.5. The van der Waals surface area contributed by atoms with Crippen molar-refractivity contribution in [2.75, 3.05) is 0 Å². The van der Waals surface area contributed by atoms with Crippen LogP contribution < -0.4 is 0 Å². The molecule has 4 heteroatoms. The molecule has 0 aliphatic carbocycles. The minimum absolute atomic E-state index is 0.289. The Morgan fingerprint density at radius 1 is 0.889 bits per heavy atom. The Morgan fingerprint density at radius 3 is 1.78 bits per heavy atom. The lowest BCUT2D eigenvalue weighted by Gasteiger charge is -2.12. The van der Waals surface area contributed by atoms with Gasteiger partial charge in [0.1, 0.15) is 0 Å². The van der Waals surface area contributed by atoms with Gasteiger partial charge in [-0.3, -0.25) is 4.79 Å². The van der Waals surface area contributed by atoms with E-state index >= 15 is 0 Å². The van der Waals surface area contributed by atoms with E-state index in [2.05, 4.69) is 0 Å². The number of carboxylic acid groups (broad SMARTS) is 1. The maximum atomic E-state index is 10.3. The quantitative estimate of drug-likeness (QED) is 0.471. The average molecular weight is 260 g/mol. The first-order valence-electron chi connectivity index (χ1n) is 7.12. The van der Waals surface area contributed by atoms with Gasteiger partial charge in [-0.05, 0) is 19.8 Å². The summed E-state index contributed by atoms with van der Waals surface area (Å²) in [7, 11) is 0. The van der Waals surface area contributed by atoms with Gasteiger partial charge >= 0.3 is 5.97 Å². The highest BCUT2D eigenvalue weighted by Gasteiger charge is 2.09. The molecule has 0 aromatic heterocycles. The van der Waals surface area contributed by atoms with Crippen LogP contribution in [0.5, 0.6) is 0 Å². The summed E-state index contributed by atoms with van der Waals surface area (Å²) < 4.78 is 0. The fourth-order valence-corrected chi connectivity index (χ4v) is 1.93. The minimum atomic E-state index is -0.702. The first kappa shape index (κ1) is 17.4. The summed E-state index contributed by atoms with van der Waals surface area (Å²) in [6.45, 7) is 1.61. The van der Waals surface area contributed by atoms with Gasteiger partial charge in [-0.2, -0.15) is 0 Å². The predicted molar refractivity (Wildman–Crippen MR) is 71.5 cm³/mol. The van der Waals surface area contributed by atoms with E-state index in [1.807, 2.05) is 0 Å². The van der Waals surface area contributed by atoms with Crippen LogP contribution in [0.1, 0.15) is 71.1 Å². The third kappa shape index (κ3) is 11.9. The number of hydrogen-bond acceptors (Lipinski definition) is 3. The molecule has 0 saturated heterocycles. The zero-order valence-corrected chi connectivity index (χ0v) is 11.5. The van der Waals surface area contributed by atoms with Crippen molar-refractivity contribution in [1.29, 1.82) is 0 Å². The lowest BCUT2D eigenvalue weighted by Crippen LogP contribution is -2.21. The van der Waals surface area contributed by atoms with Crippen molar-refractivity contribution in [1.82, 2.24) is 0 Å². The molecule has 3 N–H and O–H groups in total. The van der Waals surface area contributed by atoms with E-state index in [-0.39, 0.29) is 6.42 Å². The van der Waals surface area contributed by atoms with Crippen molar-refractivity contribution >= 4 is 5.97 Å². The molecule has 2 atom stereocenters. The standard InChI is InChI=1S/C14H28O4/c1-12(15)13(16)10-8-6-4-2-3-5-7-9-11-14(17)18/h12-13,15-16H,2-11H2,1H3,(H,17,18)/t12-,13-/m1/s1. The molecule has 0 aliphatic rings. The molecule has 0 aliphatic heterocycles. The minimum Gasteiger partial charge on any atom is -0.481 e. The molecule has 0 bridgehead atoms. The Kier molecular flexibility index (Phi) is 11.1. The van der Waals surface area contributed by atoms with Crippen LogP contribution in [0.4, 0.5) is 0 Å². The van der Waals surface area contributed by atoms with Crippen LogP contribution >= 0.6 is 0 Å². The van der Waals surface area contributed by atoms with Gasteiger partial charge in [0.15, 0.2) is 0 Å². The monoisotopic (exact) mass is 260 g/mol. The zero-order chi connectivity index (χ0) is 13.8. The van der Waals surface area contributed by atoms with E-state index in [0.29, 0.717) is 6.42 Å². The second-order valence-electron chi connectivity index (χ2n) is 5.07. The van der Waals surface area contributed by atoms with Crippen LogP contribution in [0.15, 0.2) is 0 Å². The van der Waals surface area contributed by atoms with Crippen molar-refractivity contribution < 1.29 is 20.1 Å². The van der Waals surface area contributed by atoms with Crippen LogP contribution in [-0.2, 0) is 4.79 Å². The summed E-state index contributed by atoms with van der Waals surface area (Å²) in [5.41, 5.74) is 0. The maximum absolute atomic E-state index is 10.3. The molecule has 0 heterocycles. The molecule has 108 valence electrons. The third-order valence-corrected chi connectivity index (χ3v) is 3.20. The molecule has 0 aromatic rings. The van der Waals surface area contributed by atoms with Crippen molar-refractivity contribution in [2.45, 2.75) is 83.3 Å². The predicted octanol–water partition coefficient (Wildman–Crippen LogP) is 2.71. The number of hydrogen-bond donors (Lipinski definition) is 3. The van der Waals surface area contributed by atoms with Crippen LogP contribution in [0.25, 0.3) is 0 Å². The fraction of sp³-hybridized carbons (Fsp3) is 0.929. The van der Waals surface area contributed by atoms with Crippen molar-refractivity contribution in [2.24, 2.45) is 0 Å². The smallest absolute Gasteiger partial charge is 0.303 e. The molecule has 0 aromatic carbocycles. The van der Waals surface area contributed by atoms with Gasteiger partial charge in [0.25, 0.3) is 0 Å². The molecule has 0 spiro atoms. The third-order valence-electron chi connectivity index (χ3n) is 3.20. The number of rotatable bonds is 12. The Morgan fingerprint density at radius 2 is 1.33 bits per heavy atom. The number of aliphatic carboxylic acids is 1. The number of aliphatic hydroxyl groups is 2. The molecule has 0 rings (SSSR count). The van der Waals surface area contributed by atoms with Crippen molar-refractivity contribution in [3.63, 3.8) is 0 Å². The number of unbranched alkanes of at least 4 members (excludes halogenated alkanes) is 7. The summed E-state index contributed by atoms with van der Waals surface area (Å²) in [6, 6.07) is 0. The highest BCUT2D eigenvalue weighted by atomic mass is 16.4. The van der Waals surface area contributed by atoms with Crippen LogP contribution in [-0.4, -0.2) is 33.5 Å². The molecule has 0 amide bonds. The second kappa shape index (κ2) is 11.5. The highest BCUT2D eigenvalue weighted by molar-refractivity contribution is 5.66. The number of aliphatic hydroxyl groups excluding tert-OH is 2. The van der Waals surface area contributed by atoms with Gasteiger partial charge < -0.3 is 15.3 Å². The summed E-state index contributed by atoms with van der Waals surface area (Å²) in [5, 5.41) is 26.9. The van der Waals surface area contributed by atoms with E-state index in [9.17, 15) is 9.90 Å². The summed E-state index contributed by atoms with van der Waals surface area (Å²) >= 11 is 0. The van der Waals surface area contributed by atoms with Crippen molar-refractivity contribution in [3.8, 4) is 0 Å². The van der Waals surface area contributed by atoms with Gasteiger partial charge in [0, 0.05) is 6.42 Å². The lowest BCUT2D eigenvalue weighted by molar-refractivity contribution is -0.137. The van der Waals surface area contributed by atoms with E-state index in [0.717, 1.165) is 38.5 Å². The summed E-state index contributed by atoms with van der Waals surface area (Å²) in [5.74, 6) is -0.702. The Bertz CT molecular complexity index is 204. The Balaban J connectivity index is 3.10. The van der Waals surface area contributed by atoms with E-state index < -0.39 is 18.2 Å². The van der Waals surface area contributed by atoms with Gasteiger partial charge in [-0.15, -0.1) is 0 Å². The molecule has 4 nitrogen and oxygen atoms in total. The number of carbonyl (C=O) groups is 1. The van der Waals surface area contributed by atoms with Crippen LogP contribution in [0.2, 0.25) is 0 Å². The fourth-order valence-electron chi connectivity index (χ4n) is 1.93. The largest absolute Gasteiger partial charge is 0.481 e. The lowest BCUT2D eigenvalue weighted by atomic mass is 10.0. The Hall–Kier alpha value is -0.610. The van der Waals surface area contributed by atoms with Crippen molar-refractivity contribution in [3.05, 3.63) is 0 Å². The van der Waals surface area contributed by atoms with Gasteiger partial charge in [0.2, 0.25) is 0 Å². The summed E-state index contributed by atoms with van der Waals surface area (Å²) in [6.07, 6.45) is 8.23. The molecule has 0 radical (unpaired) electrons. The topological polar surface area (TPSA) is 77.8 Å². The van der Waals surface area contributed by atoms with Gasteiger partial charge in [0.05, 0.1) is 12.2 Å². The first-order valence-corrected chi connectivity index (χ1v) is 7.12. The maximum Gasteiger partial charge on any atom is 0.303 e. The summed E-state index contributed by atoms with van der Waals surface area (Å²) in [4.78, 5) is 10.3.